The zero-order valence-corrected chi connectivity index (χ0v) is 17.9. The van der Waals surface area contributed by atoms with Gasteiger partial charge in [0.1, 0.15) is 12.1 Å². The molecule has 1 N–H and O–H groups in total. The third kappa shape index (κ3) is 4.28. The number of imide groups is 1. The lowest BCUT2D eigenvalue weighted by Gasteiger charge is -2.42. The van der Waals surface area contributed by atoms with E-state index in [1.165, 1.54) is 4.90 Å². The summed E-state index contributed by atoms with van der Waals surface area (Å²) in [5.41, 5.74) is 0.155. The van der Waals surface area contributed by atoms with Gasteiger partial charge in [0.2, 0.25) is 5.91 Å². The van der Waals surface area contributed by atoms with E-state index >= 15 is 0 Å². The minimum absolute atomic E-state index is 0.233. The van der Waals surface area contributed by atoms with E-state index in [1.807, 2.05) is 18.2 Å². The molecule has 29 heavy (non-hydrogen) atoms. The molecule has 158 valence electrons. The maximum absolute atomic E-state index is 13.1. The summed E-state index contributed by atoms with van der Waals surface area (Å²) in [7, 11) is 1.66. The highest BCUT2D eigenvalue weighted by Gasteiger charge is 2.53. The average molecular weight is 401 g/mol. The Labute approximate surface area is 172 Å². The topological polar surface area (TPSA) is 82.6 Å². The van der Waals surface area contributed by atoms with Crippen molar-refractivity contribution in [1.29, 1.82) is 0 Å². The summed E-state index contributed by atoms with van der Waals surface area (Å²) in [6, 6.07) is 5.05. The molecule has 1 aliphatic carbocycles. The quantitative estimate of drug-likeness (QED) is 0.744. The van der Waals surface area contributed by atoms with Gasteiger partial charge in [-0.05, 0) is 49.1 Å². The number of carbonyl (C=O) groups excluding carboxylic acids is 3. The smallest absolute Gasteiger partial charge is 0.325 e. The van der Waals surface area contributed by atoms with Gasteiger partial charge in [-0.3, -0.25) is 19.5 Å². The number of aromatic nitrogens is 1. The number of likely N-dealkylation sites (N-methyl/N-ethyl adjacent to an activating group) is 1. The SMILES string of the molecule is CCC(C)(C)C1CCC2(CC1)NC(=O)N(CC(=O)N(C)Cc1ccccn1)C2=O. The average Bonchev–Trinajstić information content (AvgIpc) is 2.93. The van der Waals surface area contributed by atoms with E-state index in [4.69, 9.17) is 0 Å². The first-order chi connectivity index (χ1) is 13.7. The van der Waals surface area contributed by atoms with Gasteiger partial charge in [0, 0.05) is 13.2 Å². The van der Waals surface area contributed by atoms with E-state index in [1.54, 1.807) is 13.2 Å². The van der Waals surface area contributed by atoms with Crippen LogP contribution in [0, 0.1) is 11.3 Å². The molecule has 4 amide bonds. The Balaban J connectivity index is 1.61. The first kappa shape index (κ1) is 21.3. The van der Waals surface area contributed by atoms with Crippen LogP contribution in [0.5, 0.6) is 0 Å². The van der Waals surface area contributed by atoms with Crippen LogP contribution >= 0.6 is 0 Å². The number of urea groups is 1. The lowest BCUT2D eigenvalue weighted by molar-refractivity contribution is -0.139. The number of hydrogen-bond acceptors (Lipinski definition) is 4. The van der Waals surface area contributed by atoms with Crippen molar-refractivity contribution in [2.75, 3.05) is 13.6 Å². The van der Waals surface area contributed by atoms with Crippen LogP contribution in [0.25, 0.3) is 0 Å². The van der Waals surface area contributed by atoms with E-state index in [9.17, 15) is 14.4 Å². The van der Waals surface area contributed by atoms with Crippen LogP contribution in [0.1, 0.15) is 58.6 Å². The fraction of sp³-hybridized carbons (Fsp3) is 0.636. The highest BCUT2D eigenvalue weighted by molar-refractivity contribution is 6.09. The molecule has 1 saturated carbocycles. The van der Waals surface area contributed by atoms with E-state index in [2.05, 4.69) is 31.1 Å². The number of carbonyl (C=O) groups is 3. The summed E-state index contributed by atoms with van der Waals surface area (Å²) in [5, 5.41) is 2.91. The molecule has 0 unspecified atom stereocenters. The van der Waals surface area contributed by atoms with Crippen LogP contribution in [-0.2, 0) is 16.1 Å². The molecule has 3 rings (SSSR count). The van der Waals surface area contributed by atoms with Gasteiger partial charge in [-0.25, -0.2) is 4.79 Å². The molecule has 2 aliphatic rings. The van der Waals surface area contributed by atoms with Crippen molar-refractivity contribution < 1.29 is 14.4 Å². The summed E-state index contributed by atoms with van der Waals surface area (Å²) in [6.45, 7) is 6.84. The van der Waals surface area contributed by atoms with Crippen LogP contribution in [0.3, 0.4) is 0 Å². The zero-order chi connectivity index (χ0) is 21.2. The van der Waals surface area contributed by atoms with Crippen molar-refractivity contribution in [2.45, 2.75) is 65.0 Å². The fourth-order valence-electron chi connectivity index (χ4n) is 4.42. The molecule has 2 heterocycles. The van der Waals surface area contributed by atoms with Gasteiger partial charge in [-0.2, -0.15) is 0 Å². The molecule has 0 atom stereocenters. The number of rotatable bonds is 6. The Morgan fingerprint density at radius 3 is 2.59 bits per heavy atom. The molecule has 1 aliphatic heterocycles. The first-order valence-electron chi connectivity index (χ1n) is 10.5. The summed E-state index contributed by atoms with van der Waals surface area (Å²) in [6.07, 6.45) is 5.86. The number of hydrogen-bond donors (Lipinski definition) is 1. The van der Waals surface area contributed by atoms with Crippen LogP contribution in [-0.4, -0.2) is 51.8 Å². The van der Waals surface area contributed by atoms with Gasteiger partial charge in [0.15, 0.2) is 0 Å². The maximum Gasteiger partial charge on any atom is 0.325 e. The van der Waals surface area contributed by atoms with E-state index in [0.29, 0.717) is 25.3 Å². The Bertz CT molecular complexity index is 770. The Morgan fingerprint density at radius 1 is 1.31 bits per heavy atom. The van der Waals surface area contributed by atoms with Gasteiger partial charge in [-0.15, -0.1) is 0 Å². The predicted molar refractivity (Wildman–Crippen MR) is 110 cm³/mol. The largest absolute Gasteiger partial charge is 0.338 e. The van der Waals surface area contributed by atoms with Crippen molar-refractivity contribution >= 4 is 17.8 Å². The molecule has 1 aromatic rings. The molecule has 2 fully saturated rings. The lowest BCUT2D eigenvalue weighted by atomic mass is 9.65. The molecule has 0 aromatic carbocycles. The fourth-order valence-corrected chi connectivity index (χ4v) is 4.42. The van der Waals surface area contributed by atoms with Crippen molar-refractivity contribution in [3.05, 3.63) is 30.1 Å². The molecule has 7 nitrogen and oxygen atoms in total. The van der Waals surface area contributed by atoms with E-state index in [0.717, 1.165) is 29.9 Å². The van der Waals surface area contributed by atoms with Crippen LogP contribution in [0.4, 0.5) is 4.79 Å². The molecule has 7 heteroatoms. The number of amides is 4. The normalized spacial score (nSPS) is 24.7. The Morgan fingerprint density at radius 2 is 2.00 bits per heavy atom. The van der Waals surface area contributed by atoms with E-state index in [-0.39, 0.29) is 23.8 Å². The van der Waals surface area contributed by atoms with Crippen LogP contribution in [0.2, 0.25) is 0 Å². The molecule has 0 bridgehead atoms. The van der Waals surface area contributed by atoms with Crippen molar-refractivity contribution in [1.82, 2.24) is 20.1 Å². The monoisotopic (exact) mass is 400 g/mol. The van der Waals surface area contributed by atoms with Crippen LogP contribution < -0.4 is 5.32 Å². The second-order valence-corrected chi connectivity index (χ2v) is 9.09. The number of nitrogens with zero attached hydrogens (tertiary/aromatic N) is 3. The summed E-state index contributed by atoms with van der Waals surface area (Å²) in [5.74, 6) is 0.00913. The summed E-state index contributed by atoms with van der Waals surface area (Å²) >= 11 is 0. The number of nitrogens with one attached hydrogen (secondary N) is 1. The third-order valence-electron chi connectivity index (χ3n) is 6.95. The second kappa shape index (κ2) is 8.13. The standard InChI is InChI=1S/C22H32N4O3/c1-5-21(2,3)16-9-11-22(12-10-16)19(28)26(20(29)24-22)15-18(27)25(4)14-17-8-6-7-13-23-17/h6-8,13,16H,5,9-12,14-15H2,1-4H3,(H,24,29). The van der Waals surface area contributed by atoms with Crippen molar-refractivity contribution in [3.63, 3.8) is 0 Å². The Hall–Kier alpha value is -2.44. The van der Waals surface area contributed by atoms with Crippen molar-refractivity contribution in [3.8, 4) is 0 Å². The molecular formula is C22H32N4O3. The summed E-state index contributed by atoms with van der Waals surface area (Å²) < 4.78 is 0. The summed E-state index contributed by atoms with van der Waals surface area (Å²) in [4.78, 5) is 45.0. The highest BCUT2D eigenvalue weighted by atomic mass is 16.2. The second-order valence-electron chi connectivity index (χ2n) is 9.09. The molecule has 1 saturated heterocycles. The van der Waals surface area contributed by atoms with Gasteiger partial charge >= 0.3 is 6.03 Å². The van der Waals surface area contributed by atoms with Crippen LogP contribution in [0.15, 0.2) is 24.4 Å². The zero-order valence-electron chi connectivity index (χ0n) is 17.9. The van der Waals surface area contributed by atoms with Crippen molar-refractivity contribution in [2.24, 2.45) is 11.3 Å². The molecule has 1 aromatic heterocycles. The van der Waals surface area contributed by atoms with Gasteiger partial charge in [0.05, 0.1) is 12.2 Å². The van der Waals surface area contributed by atoms with E-state index < -0.39 is 11.6 Å². The predicted octanol–water partition coefficient (Wildman–Crippen LogP) is 2.96. The lowest BCUT2D eigenvalue weighted by Crippen LogP contribution is -2.51. The molecule has 0 radical (unpaired) electrons. The van der Waals surface area contributed by atoms with Gasteiger partial charge < -0.3 is 10.2 Å². The maximum atomic E-state index is 13.1. The van der Waals surface area contributed by atoms with Gasteiger partial charge in [-0.1, -0.05) is 33.3 Å². The minimum atomic E-state index is -0.836. The minimum Gasteiger partial charge on any atom is -0.338 e. The third-order valence-corrected chi connectivity index (χ3v) is 6.95. The number of pyridine rings is 1. The van der Waals surface area contributed by atoms with Gasteiger partial charge in [0.25, 0.3) is 5.91 Å². The molecular weight excluding hydrogens is 368 g/mol. The Kier molecular flexibility index (Phi) is 5.96. The highest BCUT2D eigenvalue weighted by Crippen LogP contribution is 2.45. The first-order valence-corrected chi connectivity index (χ1v) is 10.5. The molecule has 1 spiro atoms.